The molecule has 0 spiro atoms. The van der Waals surface area contributed by atoms with Crippen molar-refractivity contribution in [3.05, 3.63) is 65.0 Å². The van der Waals surface area contributed by atoms with Gasteiger partial charge in [0.05, 0.1) is 0 Å². The average Bonchev–Trinajstić information content (AvgIpc) is 2.62. The van der Waals surface area contributed by atoms with Crippen LogP contribution in [0.3, 0.4) is 0 Å². The van der Waals surface area contributed by atoms with Crippen molar-refractivity contribution in [2.24, 2.45) is 0 Å². The largest absolute Gasteiger partial charge is 0.331 e. The molecule has 0 fully saturated rings. The molecule has 2 aromatic carbocycles. The Morgan fingerprint density at radius 2 is 1.69 bits per heavy atom. The number of anilines is 1. The third kappa shape index (κ3) is 5.93. The fraction of sp³-hybridized carbons (Fsp3) is 0.211. The average molecular weight is 373 g/mol. The van der Waals surface area contributed by atoms with Crippen molar-refractivity contribution in [3.8, 4) is 0 Å². The van der Waals surface area contributed by atoms with Crippen molar-refractivity contribution < 1.29 is 14.0 Å². The van der Waals surface area contributed by atoms with Crippen LogP contribution in [0.25, 0.3) is 0 Å². The van der Waals surface area contributed by atoms with E-state index >= 15 is 0 Å². The molecule has 0 bridgehead atoms. The molecule has 0 radical (unpaired) electrons. The Labute approximate surface area is 157 Å². The summed E-state index contributed by atoms with van der Waals surface area (Å²) < 4.78 is 12.8. The smallest absolute Gasteiger partial charge is 0.238 e. The number of hydrazine groups is 1. The zero-order valence-corrected chi connectivity index (χ0v) is 15.4. The zero-order chi connectivity index (χ0) is 19.1. The minimum atomic E-state index is -0.355. The lowest BCUT2D eigenvalue weighted by molar-refractivity contribution is -0.121. The number of halogens is 1. The zero-order valence-electron chi connectivity index (χ0n) is 14.6. The monoisotopic (exact) mass is 373 g/mol. The van der Waals surface area contributed by atoms with Crippen molar-refractivity contribution in [1.29, 1.82) is 0 Å². The fourth-order valence-corrected chi connectivity index (χ4v) is 2.45. The molecule has 0 aliphatic carbocycles. The minimum absolute atomic E-state index is 0.0401. The van der Waals surface area contributed by atoms with E-state index in [2.05, 4.69) is 16.2 Å². The molecular weight excluding hydrogens is 353 g/mol. The summed E-state index contributed by atoms with van der Waals surface area (Å²) in [4.78, 5) is 24.1. The van der Waals surface area contributed by atoms with Gasteiger partial charge in [0.1, 0.15) is 5.82 Å². The van der Waals surface area contributed by atoms with E-state index in [1.165, 1.54) is 24.3 Å². The molecule has 5 nitrogen and oxygen atoms in total. The number of hydrogen-bond donors (Lipinski definition) is 3. The van der Waals surface area contributed by atoms with E-state index in [4.69, 9.17) is 12.2 Å². The topological polar surface area (TPSA) is 70.2 Å². The van der Waals surface area contributed by atoms with Crippen LogP contribution >= 0.6 is 12.2 Å². The normalized spacial score (nSPS) is 10.1. The van der Waals surface area contributed by atoms with Crippen LogP contribution in [0.15, 0.2) is 42.5 Å². The van der Waals surface area contributed by atoms with Gasteiger partial charge in [-0.1, -0.05) is 17.7 Å². The first-order valence-electron chi connectivity index (χ1n) is 8.07. The number of nitrogens with one attached hydrogen (secondary N) is 3. The van der Waals surface area contributed by atoms with E-state index in [9.17, 15) is 14.0 Å². The molecule has 26 heavy (non-hydrogen) atoms. The molecule has 3 N–H and O–H groups in total. The van der Waals surface area contributed by atoms with E-state index in [0.717, 1.165) is 11.1 Å². The molecule has 0 saturated heterocycles. The Hall–Kier alpha value is -2.80. The van der Waals surface area contributed by atoms with Crippen LogP contribution in [-0.4, -0.2) is 16.8 Å². The summed E-state index contributed by atoms with van der Waals surface area (Å²) in [5.74, 6) is -0.781. The number of carbonyl (C=O) groups excluding carboxylic acids is 2. The van der Waals surface area contributed by atoms with Crippen molar-refractivity contribution in [1.82, 2.24) is 10.9 Å². The van der Waals surface area contributed by atoms with Crippen LogP contribution in [0.2, 0.25) is 0 Å². The SMILES string of the molecule is Cc1ccc(C)c(C(=O)CCC(=O)NNC(=S)Nc2ccc(F)cc2)c1. The summed E-state index contributed by atoms with van der Waals surface area (Å²) >= 11 is 5.03. The van der Waals surface area contributed by atoms with Crippen LogP contribution < -0.4 is 16.2 Å². The van der Waals surface area contributed by atoms with Gasteiger partial charge in [0.25, 0.3) is 0 Å². The Morgan fingerprint density at radius 1 is 1.00 bits per heavy atom. The third-order valence-corrected chi connectivity index (χ3v) is 3.89. The van der Waals surface area contributed by atoms with Crippen LogP contribution in [0, 0.1) is 19.7 Å². The molecular formula is C19H20FN3O2S. The number of rotatable bonds is 5. The van der Waals surface area contributed by atoms with Gasteiger partial charge in [-0.25, -0.2) is 4.39 Å². The van der Waals surface area contributed by atoms with Gasteiger partial charge in [-0.15, -0.1) is 0 Å². The lowest BCUT2D eigenvalue weighted by Gasteiger charge is -2.11. The number of benzene rings is 2. The van der Waals surface area contributed by atoms with Gasteiger partial charge in [-0.3, -0.25) is 20.4 Å². The second-order valence-corrected chi connectivity index (χ2v) is 6.28. The van der Waals surface area contributed by atoms with Crippen LogP contribution in [-0.2, 0) is 4.79 Å². The second-order valence-electron chi connectivity index (χ2n) is 5.88. The van der Waals surface area contributed by atoms with Gasteiger partial charge in [0, 0.05) is 24.1 Å². The summed E-state index contributed by atoms with van der Waals surface area (Å²) in [7, 11) is 0. The summed E-state index contributed by atoms with van der Waals surface area (Å²) in [6.45, 7) is 3.79. The third-order valence-electron chi connectivity index (χ3n) is 3.69. The maximum Gasteiger partial charge on any atom is 0.238 e. The highest BCUT2D eigenvalue weighted by Gasteiger charge is 2.12. The second kappa shape index (κ2) is 9.05. The van der Waals surface area contributed by atoms with E-state index in [-0.39, 0.29) is 35.5 Å². The molecule has 0 saturated carbocycles. The highest BCUT2D eigenvalue weighted by atomic mass is 32.1. The van der Waals surface area contributed by atoms with E-state index in [1.807, 2.05) is 32.0 Å². The van der Waals surface area contributed by atoms with Gasteiger partial charge in [0.2, 0.25) is 5.91 Å². The minimum Gasteiger partial charge on any atom is -0.331 e. The van der Waals surface area contributed by atoms with Gasteiger partial charge < -0.3 is 5.32 Å². The first-order valence-corrected chi connectivity index (χ1v) is 8.48. The maximum atomic E-state index is 12.8. The van der Waals surface area contributed by atoms with Gasteiger partial charge in [-0.2, -0.15) is 0 Å². The summed E-state index contributed by atoms with van der Waals surface area (Å²) in [5, 5.41) is 2.96. The molecule has 2 rings (SSSR count). The molecule has 2 aromatic rings. The Morgan fingerprint density at radius 3 is 2.38 bits per heavy atom. The molecule has 0 unspecified atom stereocenters. The fourth-order valence-electron chi connectivity index (χ4n) is 2.28. The predicted octanol–water partition coefficient (Wildman–Crippen LogP) is 3.42. The Bertz CT molecular complexity index is 822. The van der Waals surface area contributed by atoms with Crippen LogP contribution in [0.4, 0.5) is 10.1 Å². The lowest BCUT2D eigenvalue weighted by Crippen LogP contribution is -2.43. The summed E-state index contributed by atoms with van der Waals surface area (Å²) in [6.07, 6.45) is 0.147. The number of hydrogen-bond acceptors (Lipinski definition) is 3. The quantitative estimate of drug-likeness (QED) is 0.426. The van der Waals surface area contributed by atoms with Crippen molar-refractivity contribution in [2.45, 2.75) is 26.7 Å². The Kier molecular flexibility index (Phi) is 6.80. The van der Waals surface area contributed by atoms with Crippen molar-refractivity contribution in [3.63, 3.8) is 0 Å². The highest BCUT2D eigenvalue weighted by Crippen LogP contribution is 2.13. The van der Waals surface area contributed by atoms with Crippen molar-refractivity contribution >= 4 is 34.7 Å². The van der Waals surface area contributed by atoms with Gasteiger partial charge in [-0.05, 0) is 62.0 Å². The number of ketones is 1. The number of carbonyl (C=O) groups is 2. The molecule has 0 aliphatic rings. The van der Waals surface area contributed by atoms with E-state index in [0.29, 0.717) is 11.3 Å². The predicted molar refractivity (Wildman–Crippen MR) is 103 cm³/mol. The first-order chi connectivity index (χ1) is 12.3. The highest BCUT2D eigenvalue weighted by molar-refractivity contribution is 7.80. The molecule has 0 atom stereocenters. The lowest BCUT2D eigenvalue weighted by atomic mass is 9.99. The van der Waals surface area contributed by atoms with Crippen LogP contribution in [0.5, 0.6) is 0 Å². The van der Waals surface area contributed by atoms with Crippen LogP contribution in [0.1, 0.15) is 34.3 Å². The summed E-state index contributed by atoms with van der Waals surface area (Å²) in [6, 6.07) is 11.3. The first kappa shape index (κ1) is 19.5. The molecule has 0 aliphatic heterocycles. The van der Waals surface area contributed by atoms with E-state index in [1.54, 1.807) is 0 Å². The van der Waals surface area contributed by atoms with Gasteiger partial charge in [0.15, 0.2) is 10.9 Å². The number of amides is 1. The van der Waals surface area contributed by atoms with Crippen molar-refractivity contribution in [2.75, 3.05) is 5.32 Å². The standard InChI is InChI=1S/C19H20FN3O2S/c1-12-3-4-13(2)16(11-12)17(24)9-10-18(25)22-23-19(26)21-15-7-5-14(20)6-8-15/h3-8,11H,9-10H2,1-2H3,(H,22,25)(H2,21,23,26). The Balaban J connectivity index is 1.76. The molecule has 0 heterocycles. The van der Waals surface area contributed by atoms with Gasteiger partial charge >= 0.3 is 0 Å². The maximum absolute atomic E-state index is 12.8. The summed E-state index contributed by atoms with van der Waals surface area (Å²) in [5.41, 5.74) is 8.09. The van der Waals surface area contributed by atoms with E-state index < -0.39 is 0 Å². The molecule has 0 aromatic heterocycles. The molecule has 1 amide bonds. The number of thiocarbonyl (C=S) groups is 1. The molecule has 7 heteroatoms. The number of aryl methyl sites for hydroxylation is 2. The molecule has 136 valence electrons. The number of Topliss-reactive ketones (excluding diaryl/α,β-unsaturated/α-hetero) is 1.